The van der Waals surface area contributed by atoms with Gasteiger partial charge in [-0.15, -0.1) is 11.3 Å². The number of hydrogen-bond acceptors (Lipinski definition) is 4. The lowest BCUT2D eigenvalue weighted by Crippen LogP contribution is -2.34. The molecule has 0 saturated heterocycles. The number of aryl methyl sites for hydroxylation is 1. The molecule has 1 heterocycles. The number of likely N-dealkylation sites (N-methyl/N-ethyl adjacent to an activating group) is 1. The van der Waals surface area contributed by atoms with Gasteiger partial charge in [-0.05, 0) is 42.1 Å². The molecular weight excluding hydrogens is 336 g/mol. The summed E-state index contributed by atoms with van der Waals surface area (Å²) in [6.07, 6.45) is 0. The standard InChI is InChI=1S/C16H17ClN2O3S/c1-10-6-7-23-15(10)16(21)19(2)9-14(20)18-12-8-11(17)4-5-13(12)22-3/h4-8H,9H2,1-3H3,(H,18,20). The molecule has 0 aliphatic rings. The fourth-order valence-corrected chi connectivity index (χ4v) is 3.11. The molecule has 1 aromatic heterocycles. The lowest BCUT2D eigenvalue weighted by molar-refractivity contribution is -0.116. The molecule has 0 aliphatic heterocycles. The summed E-state index contributed by atoms with van der Waals surface area (Å²) >= 11 is 7.29. The highest BCUT2D eigenvalue weighted by molar-refractivity contribution is 7.12. The molecule has 0 atom stereocenters. The average molecular weight is 353 g/mol. The lowest BCUT2D eigenvalue weighted by atomic mass is 10.2. The number of nitrogens with zero attached hydrogens (tertiary/aromatic N) is 1. The fraction of sp³-hybridized carbons (Fsp3) is 0.250. The maximum absolute atomic E-state index is 12.3. The van der Waals surface area contributed by atoms with Gasteiger partial charge in [0.15, 0.2) is 0 Å². The maximum atomic E-state index is 12.3. The van der Waals surface area contributed by atoms with Crippen LogP contribution in [0.15, 0.2) is 29.6 Å². The zero-order valence-corrected chi connectivity index (χ0v) is 14.6. The summed E-state index contributed by atoms with van der Waals surface area (Å²) in [5.74, 6) is 0.00663. The second-order valence-electron chi connectivity index (χ2n) is 4.99. The molecular formula is C16H17ClN2O3S. The van der Waals surface area contributed by atoms with Crippen LogP contribution in [0.2, 0.25) is 5.02 Å². The number of halogens is 1. The second-order valence-corrected chi connectivity index (χ2v) is 6.34. The topological polar surface area (TPSA) is 58.6 Å². The first kappa shape index (κ1) is 17.3. The Morgan fingerprint density at radius 2 is 2.09 bits per heavy atom. The molecule has 2 rings (SSSR count). The van der Waals surface area contributed by atoms with Crippen LogP contribution in [0.3, 0.4) is 0 Å². The number of carbonyl (C=O) groups is 2. The van der Waals surface area contributed by atoms with Crippen molar-refractivity contribution in [1.82, 2.24) is 4.90 Å². The van der Waals surface area contributed by atoms with Crippen molar-refractivity contribution in [3.8, 4) is 5.75 Å². The first-order chi connectivity index (χ1) is 10.9. The average Bonchev–Trinajstić information content (AvgIpc) is 2.92. The highest BCUT2D eigenvalue weighted by atomic mass is 35.5. The van der Waals surface area contributed by atoms with Crippen molar-refractivity contribution in [2.75, 3.05) is 26.0 Å². The van der Waals surface area contributed by atoms with Crippen molar-refractivity contribution in [3.63, 3.8) is 0 Å². The van der Waals surface area contributed by atoms with Gasteiger partial charge < -0.3 is 15.0 Å². The van der Waals surface area contributed by atoms with Crippen LogP contribution in [0.4, 0.5) is 5.69 Å². The van der Waals surface area contributed by atoms with Crippen LogP contribution in [0.5, 0.6) is 5.75 Å². The van der Waals surface area contributed by atoms with Crippen molar-refractivity contribution in [3.05, 3.63) is 45.1 Å². The van der Waals surface area contributed by atoms with Crippen LogP contribution in [0.1, 0.15) is 15.2 Å². The number of ether oxygens (including phenoxy) is 1. The molecule has 1 N–H and O–H groups in total. The smallest absolute Gasteiger partial charge is 0.264 e. The molecule has 0 spiro atoms. The van der Waals surface area contributed by atoms with Gasteiger partial charge in [-0.1, -0.05) is 11.6 Å². The van der Waals surface area contributed by atoms with Crippen molar-refractivity contribution >= 4 is 40.4 Å². The number of thiophene rings is 1. The zero-order chi connectivity index (χ0) is 17.0. The van der Waals surface area contributed by atoms with Crippen molar-refractivity contribution in [2.24, 2.45) is 0 Å². The summed E-state index contributed by atoms with van der Waals surface area (Å²) in [5, 5.41) is 5.05. The summed E-state index contributed by atoms with van der Waals surface area (Å²) in [5.41, 5.74) is 1.38. The number of hydrogen-bond donors (Lipinski definition) is 1. The van der Waals surface area contributed by atoms with E-state index < -0.39 is 0 Å². The molecule has 5 nitrogen and oxygen atoms in total. The molecule has 0 saturated carbocycles. The summed E-state index contributed by atoms with van der Waals surface area (Å²) in [6.45, 7) is 1.81. The highest BCUT2D eigenvalue weighted by Crippen LogP contribution is 2.27. The Morgan fingerprint density at radius 3 is 2.70 bits per heavy atom. The van der Waals surface area contributed by atoms with E-state index in [0.717, 1.165) is 5.56 Å². The molecule has 0 unspecified atom stereocenters. The minimum atomic E-state index is -0.323. The van der Waals surface area contributed by atoms with Crippen molar-refractivity contribution in [1.29, 1.82) is 0 Å². The molecule has 2 aromatic rings. The SMILES string of the molecule is COc1ccc(Cl)cc1NC(=O)CN(C)C(=O)c1sccc1C. The summed E-state index contributed by atoms with van der Waals surface area (Å²) in [6, 6.07) is 6.82. The van der Waals surface area contributed by atoms with Gasteiger partial charge >= 0.3 is 0 Å². The summed E-state index contributed by atoms with van der Waals surface area (Å²) in [4.78, 5) is 26.5. The van der Waals surface area contributed by atoms with E-state index in [1.54, 1.807) is 25.2 Å². The van der Waals surface area contributed by atoms with Crippen LogP contribution in [-0.4, -0.2) is 37.4 Å². The van der Waals surface area contributed by atoms with Gasteiger partial charge in [0.2, 0.25) is 5.91 Å². The highest BCUT2D eigenvalue weighted by Gasteiger charge is 2.18. The molecule has 0 fully saturated rings. The van der Waals surface area contributed by atoms with Gasteiger partial charge in [-0.3, -0.25) is 9.59 Å². The Morgan fingerprint density at radius 1 is 1.35 bits per heavy atom. The van der Waals surface area contributed by atoms with Crippen molar-refractivity contribution < 1.29 is 14.3 Å². The first-order valence-corrected chi connectivity index (χ1v) is 8.11. The van der Waals surface area contributed by atoms with Gasteiger partial charge in [0.25, 0.3) is 5.91 Å². The van der Waals surface area contributed by atoms with E-state index in [1.807, 2.05) is 18.4 Å². The quantitative estimate of drug-likeness (QED) is 0.896. The Labute approximate surface area is 143 Å². The maximum Gasteiger partial charge on any atom is 0.264 e. The van der Waals surface area contributed by atoms with E-state index in [2.05, 4.69) is 5.32 Å². The van der Waals surface area contributed by atoms with Gasteiger partial charge in [-0.2, -0.15) is 0 Å². The van der Waals surface area contributed by atoms with E-state index in [9.17, 15) is 9.59 Å². The van der Waals surface area contributed by atoms with Gasteiger partial charge in [0, 0.05) is 12.1 Å². The van der Waals surface area contributed by atoms with Crippen LogP contribution < -0.4 is 10.1 Å². The van der Waals surface area contributed by atoms with E-state index in [0.29, 0.717) is 21.3 Å². The molecule has 23 heavy (non-hydrogen) atoms. The largest absolute Gasteiger partial charge is 0.495 e. The molecule has 2 amide bonds. The van der Waals surface area contributed by atoms with E-state index in [4.69, 9.17) is 16.3 Å². The molecule has 0 radical (unpaired) electrons. The number of amides is 2. The van der Waals surface area contributed by atoms with Gasteiger partial charge in [0.05, 0.1) is 24.2 Å². The zero-order valence-electron chi connectivity index (χ0n) is 13.1. The third-order valence-electron chi connectivity index (χ3n) is 3.22. The van der Waals surface area contributed by atoms with Crippen LogP contribution >= 0.6 is 22.9 Å². The Balaban J connectivity index is 2.03. The number of rotatable bonds is 5. The molecule has 0 bridgehead atoms. The van der Waals surface area contributed by atoms with Gasteiger partial charge in [0.1, 0.15) is 5.75 Å². The second kappa shape index (κ2) is 7.48. The minimum Gasteiger partial charge on any atom is -0.495 e. The Kier molecular flexibility index (Phi) is 5.63. The normalized spacial score (nSPS) is 10.3. The molecule has 7 heteroatoms. The number of carbonyl (C=O) groups excluding carboxylic acids is 2. The van der Waals surface area contributed by atoms with E-state index in [1.165, 1.54) is 23.3 Å². The Bertz CT molecular complexity index is 730. The van der Waals surface area contributed by atoms with E-state index in [-0.39, 0.29) is 18.4 Å². The fourth-order valence-electron chi connectivity index (χ4n) is 2.02. The van der Waals surface area contributed by atoms with Crippen LogP contribution in [-0.2, 0) is 4.79 Å². The number of methoxy groups -OCH3 is 1. The number of anilines is 1. The van der Waals surface area contributed by atoms with Gasteiger partial charge in [-0.25, -0.2) is 0 Å². The van der Waals surface area contributed by atoms with Crippen LogP contribution in [0.25, 0.3) is 0 Å². The predicted molar refractivity (Wildman–Crippen MR) is 92.7 cm³/mol. The summed E-state index contributed by atoms with van der Waals surface area (Å²) < 4.78 is 5.18. The predicted octanol–water partition coefficient (Wildman–Crippen LogP) is 3.43. The first-order valence-electron chi connectivity index (χ1n) is 6.85. The molecule has 0 aliphatic carbocycles. The van der Waals surface area contributed by atoms with Crippen molar-refractivity contribution in [2.45, 2.75) is 6.92 Å². The van der Waals surface area contributed by atoms with Crippen LogP contribution in [0, 0.1) is 6.92 Å². The number of benzene rings is 1. The Hall–Kier alpha value is -2.05. The van der Waals surface area contributed by atoms with E-state index >= 15 is 0 Å². The third kappa shape index (κ3) is 4.24. The number of nitrogens with one attached hydrogen (secondary N) is 1. The molecule has 122 valence electrons. The third-order valence-corrected chi connectivity index (χ3v) is 4.46. The summed E-state index contributed by atoms with van der Waals surface area (Å²) in [7, 11) is 3.10. The minimum absolute atomic E-state index is 0.0636. The monoisotopic (exact) mass is 352 g/mol. The lowest BCUT2D eigenvalue weighted by Gasteiger charge is -2.17. The molecule has 1 aromatic carbocycles.